The largest absolute Gasteiger partial charge is 0.497 e. The lowest BCUT2D eigenvalue weighted by molar-refractivity contribution is 0.102. The van der Waals surface area contributed by atoms with Crippen LogP contribution in [0.1, 0.15) is 10.5 Å². The van der Waals surface area contributed by atoms with E-state index in [-0.39, 0.29) is 17.2 Å². The fourth-order valence-electron chi connectivity index (χ4n) is 1.37. The van der Waals surface area contributed by atoms with Crippen LogP contribution in [-0.2, 0) is 0 Å². The van der Waals surface area contributed by atoms with Gasteiger partial charge in [-0.05, 0) is 12.1 Å². The van der Waals surface area contributed by atoms with Crippen molar-refractivity contribution in [1.29, 1.82) is 0 Å². The molecule has 2 aromatic rings. The molecule has 0 bridgehead atoms. The van der Waals surface area contributed by atoms with Crippen molar-refractivity contribution in [3.63, 3.8) is 0 Å². The maximum Gasteiger partial charge on any atom is 0.275 e. The number of ether oxygens (including phenoxy) is 1. The summed E-state index contributed by atoms with van der Waals surface area (Å²) in [6.07, 6.45) is 2.46. The molecule has 6 nitrogen and oxygen atoms in total. The standard InChI is InChI=1S/C12H11FN4O2/c1-19-7-2-3-8(13)9(4-7)17-12(18)10-5-16-11(14)6-15-10/h2-6H,1H3,(H2,14,16)(H,17,18). The van der Waals surface area contributed by atoms with Gasteiger partial charge in [0, 0.05) is 6.07 Å². The summed E-state index contributed by atoms with van der Waals surface area (Å²) in [6, 6.07) is 4.02. The average Bonchev–Trinajstić information content (AvgIpc) is 2.42. The number of nitrogens with zero attached hydrogens (tertiary/aromatic N) is 2. The van der Waals surface area contributed by atoms with Crippen LogP contribution in [0.25, 0.3) is 0 Å². The predicted octanol–water partition coefficient (Wildman–Crippen LogP) is 1.46. The maximum atomic E-state index is 13.5. The lowest BCUT2D eigenvalue weighted by Gasteiger charge is -2.07. The molecule has 2 rings (SSSR count). The first kappa shape index (κ1) is 12.7. The molecule has 0 saturated heterocycles. The Morgan fingerprint density at radius 1 is 1.37 bits per heavy atom. The average molecular weight is 262 g/mol. The molecule has 0 aliphatic carbocycles. The van der Waals surface area contributed by atoms with Crippen LogP contribution in [0.4, 0.5) is 15.9 Å². The van der Waals surface area contributed by atoms with Gasteiger partial charge in [-0.2, -0.15) is 0 Å². The van der Waals surface area contributed by atoms with Gasteiger partial charge in [-0.15, -0.1) is 0 Å². The minimum Gasteiger partial charge on any atom is -0.497 e. The Hall–Kier alpha value is -2.70. The van der Waals surface area contributed by atoms with Crippen molar-refractivity contribution in [3.8, 4) is 5.75 Å². The summed E-state index contributed by atoms with van der Waals surface area (Å²) in [5.41, 5.74) is 5.40. The molecule has 0 spiro atoms. The van der Waals surface area contributed by atoms with Crippen LogP contribution < -0.4 is 15.8 Å². The van der Waals surface area contributed by atoms with Gasteiger partial charge < -0.3 is 15.8 Å². The highest BCUT2D eigenvalue weighted by Crippen LogP contribution is 2.21. The lowest BCUT2D eigenvalue weighted by atomic mass is 10.2. The van der Waals surface area contributed by atoms with Gasteiger partial charge in [0.25, 0.3) is 5.91 Å². The predicted molar refractivity (Wildman–Crippen MR) is 67.3 cm³/mol. The van der Waals surface area contributed by atoms with Gasteiger partial charge in [0.15, 0.2) is 0 Å². The Morgan fingerprint density at radius 2 is 2.16 bits per heavy atom. The highest BCUT2D eigenvalue weighted by Gasteiger charge is 2.11. The van der Waals surface area contributed by atoms with Crippen molar-refractivity contribution in [2.75, 3.05) is 18.2 Å². The highest BCUT2D eigenvalue weighted by molar-refractivity contribution is 6.02. The van der Waals surface area contributed by atoms with Gasteiger partial charge in [-0.3, -0.25) is 4.79 Å². The van der Waals surface area contributed by atoms with Crippen LogP contribution in [0.2, 0.25) is 0 Å². The first-order valence-electron chi connectivity index (χ1n) is 5.32. The fraction of sp³-hybridized carbons (Fsp3) is 0.0833. The third-order valence-corrected chi connectivity index (χ3v) is 2.33. The first-order chi connectivity index (χ1) is 9.10. The van der Waals surface area contributed by atoms with E-state index in [0.29, 0.717) is 5.75 Å². The van der Waals surface area contributed by atoms with Crippen LogP contribution >= 0.6 is 0 Å². The molecule has 7 heteroatoms. The number of halogens is 1. The molecule has 0 aliphatic heterocycles. The van der Waals surface area contributed by atoms with Gasteiger partial charge in [0.05, 0.1) is 25.2 Å². The van der Waals surface area contributed by atoms with Crippen LogP contribution in [0.15, 0.2) is 30.6 Å². The van der Waals surface area contributed by atoms with Gasteiger partial charge in [-0.25, -0.2) is 14.4 Å². The Balaban J connectivity index is 2.21. The van der Waals surface area contributed by atoms with E-state index in [1.165, 1.54) is 37.7 Å². The van der Waals surface area contributed by atoms with Crippen molar-refractivity contribution in [3.05, 3.63) is 42.1 Å². The molecule has 0 atom stereocenters. The molecule has 19 heavy (non-hydrogen) atoms. The van der Waals surface area contributed by atoms with Crippen molar-refractivity contribution < 1.29 is 13.9 Å². The summed E-state index contributed by atoms with van der Waals surface area (Å²) in [6.45, 7) is 0. The topological polar surface area (TPSA) is 90.1 Å². The van der Waals surface area contributed by atoms with Crippen molar-refractivity contribution in [1.82, 2.24) is 9.97 Å². The Bertz CT molecular complexity index is 601. The van der Waals surface area contributed by atoms with Crippen molar-refractivity contribution in [2.45, 2.75) is 0 Å². The summed E-state index contributed by atoms with van der Waals surface area (Å²) < 4.78 is 18.5. The number of nitrogens with one attached hydrogen (secondary N) is 1. The first-order valence-corrected chi connectivity index (χ1v) is 5.32. The maximum absolute atomic E-state index is 13.5. The monoisotopic (exact) mass is 262 g/mol. The zero-order chi connectivity index (χ0) is 13.8. The van der Waals surface area contributed by atoms with E-state index in [9.17, 15) is 9.18 Å². The molecule has 1 heterocycles. The second-order valence-corrected chi connectivity index (χ2v) is 3.63. The zero-order valence-corrected chi connectivity index (χ0v) is 10.1. The van der Waals surface area contributed by atoms with Crippen molar-refractivity contribution >= 4 is 17.4 Å². The Labute approximate surface area is 108 Å². The van der Waals surface area contributed by atoms with E-state index < -0.39 is 11.7 Å². The van der Waals surface area contributed by atoms with E-state index in [1.54, 1.807) is 0 Å². The molecule has 3 N–H and O–H groups in total. The molecular formula is C12H11FN4O2. The highest BCUT2D eigenvalue weighted by atomic mass is 19.1. The molecular weight excluding hydrogens is 251 g/mol. The number of carbonyl (C=O) groups is 1. The number of rotatable bonds is 3. The van der Waals surface area contributed by atoms with E-state index in [2.05, 4.69) is 15.3 Å². The number of nitrogen functional groups attached to an aromatic ring is 1. The molecule has 1 aromatic heterocycles. The molecule has 0 radical (unpaired) electrons. The third-order valence-electron chi connectivity index (χ3n) is 2.33. The van der Waals surface area contributed by atoms with Gasteiger partial charge >= 0.3 is 0 Å². The van der Waals surface area contributed by atoms with Crippen LogP contribution in [0, 0.1) is 5.82 Å². The molecule has 0 saturated carbocycles. The summed E-state index contributed by atoms with van der Waals surface area (Å²) in [5.74, 6) is -0.526. The van der Waals surface area contributed by atoms with Gasteiger partial charge in [0.1, 0.15) is 23.1 Å². The van der Waals surface area contributed by atoms with Gasteiger partial charge in [0.2, 0.25) is 0 Å². The van der Waals surface area contributed by atoms with E-state index in [1.807, 2.05) is 0 Å². The summed E-state index contributed by atoms with van der Waals surface area (Å²) in [5, 5.41) is 2.38. The number of carbonyl (C=O) groups excluding carboxylic acids is 1. The number of nitrogens with two attached hydrogens (primary N) is 1. The molecule has 0 unspecified atom stereocenters. The number of aromatic nitrogens is 2. The SMILES string of the molecule is COc1ccc(F)c(NC(=O)c2cnc(N)cn2)c1. The van der Waals surface area contributed by atoms with E-state index in [0.717, 1.165) is 0 Å². The zero-order valence-electron chi connectivity index (χ0n) is 10.1. The Kier molecular flexibility index (Phi) is 3.56. The minimum atomic E-state index is -0.584. The third kappa shape index (κ3) is 2.95. The number of methoxy groups -OCH3 is 1. The van der Waals surface area contributed by atoms with Gasteiger partial charge in [-0.1, -0.05) is 0 Å². The molecule has 0 aliphatic rings. The second-order valence-electron chi connectivity index (χ2n) is 3.63. The number of amides is 1. The number of benzene rings is 1. The van der Waals surface area contributed by atoms with Crippen LogP contribution in [0.5, 0.6) is 5.75 Å². The van der Waals surface area contributed by atoms with Crippen LogP contribution in [-0.4, -0.2) is 23.0 Å². The molecule has 1 amide bonds. The van der Waals surface area contributed by atoms with E-state index >= 15 is 0 Å². The van der Waals surface area contributed by atoms with Crippen molar-refractivity contribution in [2.24, 2.45) is 0 Å². The Morgan fingerprint density at radius 3 is 2.79 bits per heavy atom. The second kappa shape index (κ2) is 5.30. The smallest absolute Gasteiger partial charge is 0.275 e. The summed E-state index contributed by atoms with van der Waals surface area (Å²) in [4.78, 5) is 19.3. The molecule has 0 fully saturated rings. The summed E-state index contributed by atoms with van der Waals surface area (Å²) >= 11 is 0. The molecule has 1 aromatic carbocycles. The number of hydrogen-bond acceptors (Lipinski definition) is 5. The minimum absolute atomic E-state index is 0.00275. The fourth-order valence-corrected chi connectivity index (χ4v) is 1.37. The lowest BCUT2D eigenvalue weighted by Crippen LogP contribution is -2.15. The van der Waals surface area contributed by atoms with Crippen LogP contribution in [0.3, 0.4) is 0 Å². The number of anilines is 2. The normalized spacial score (nSPS) is 10.0. The molecule has 98 valence electrons. The van der Waals surface area contributed by atoms with E-state index in [4.69, 9.17) is 10.5 Å². The quantitative estimate of drug-likeness (QED) is 0.873. The summed E-state index contributed by atoms with van der Waals surface area (Å²) in [7, 11) is 1.45. The number of hydrogen-bond donors (Lipinski definition) is 2.